The van der Waals surface area contributed by atoms with Gasteiger partial charge in [0.2, 0.25) is 0 Å². The van der Waals surface area contributed by atoms with Crippen LogP contribution < -0.4 is 10.6 Å². The fraction of sp³-hybridized carbons (Fsp3) is 0.780. The smallest absolute Gasteiger partial charge is 0.449 e. The van der Waals surface area contributed by atoms with Gasteiger partial charge in [-0.1, -0.05) is 48.2 Å². The van der Waals surface area contributed by atoms with Gasteiger partial charge in [0.15, 0.2) is 0 Å². The molecule has 1 saturated heterocycles. The highest BCUT2D eigenvalue weighted by molar-refractivity contribution is 8.77. The molecule has 5 rings (SSSR count). The summed E-state index contributed by atoms with van der Waals surface area (Å²) in [4.78, 5) is 62.3. The third-order valence-electron chi connectivity index (χ3n) is 10.4. The van der Waals surface area contributed by atoms with Gasteiger partial charge in [0.25, 0.3) is 11.8 Å². The normalized spacial score (nSPS) is 23.3. The summed E-state index contributed by atoms with van der Waals surface area (Å²) in [6.45, 7) is 5.23. The fourth-order valence-electron chi connectivity index (χ4n) is 7.26. The van der Waals surface area contributed by atoms with Gasteiger partial charge in [0.1, 0.15) is 6.61 Å². The van der Waals surface area contributed by atoms with Gasteiger partial charge < -0.3 is 44.2 Å². The van der Waals surface area contributed by atoms with Crippen LogP contribution in [0.15, 0.2) is 0 Å². The molecule has 1 aliphatic heterocycles. The molecule has 16 nitrogen and oxygen atoms in total. The Bertz CT molecular complexity index is 1440. The van der Waals surface area contributed by atoms with E-state index in [0.717, 1.165) is 68.6 Å². The highest BCUT2D eigenvalue weighted by Gasteiger charge is 2.50. The van der Waals surface area contributed by atoms with E-state index in [0.29, 0.717) is 112 Å². The Morgan fingerprint density at radius 1 is 0.574 bits per heavy atom. The number of hydroxylamine groups is 2. The predicted molar refractivity (Wildman–Crippen MR) is 235 cm³/mol. The summed E-state index contributed by atoms with van der Waals surface area (Å²) in [7, 11) is 6.39. The van der Waals surface area contributed by atoms with E-state index in [1.165, 1.54) is 10.8 Å². The number of hydrogen-bond acceptors (Lipinski definition) is 17. The SMILES string of the molecule is O=C(NCCOCCOCCSSCCO)OCC1C2CCC#CCCC21.O=C(NCCOCCSSCCOC(=O)ON1C(=O)CCC1=O)OCC1C2CCC#CCCC21. The Balaban J connectivity index is 0.000000276. The van der Waals surface area contributed by atoms with Crippen molar-refractivity contribution in [1.82, 2.24) is 15.7 Å². The number of aliphatic hydroxyl groups excluding tert-OH is 1. The molecule has 5 aliphatic rings. The van der Waals surface area contributed by atoms with Crippen LogP contribution in [0.25, 0.3) is 0 Å². The zero-order valence-corrected chi connectivity index (χ0v) is 38.0. The minimum atomic E-state index is -1.07. The average molecular weight is 932 g/mol. The van der Waals surface area contributed by atoms with E-state index in [1.807, 2.05) is 0 Å². The number of carbonyl (C=O) groups excluding carboxylic acids is 5. The van der Waals surface area contributed by atoms with Crippen LogP contribution in [-0.4, -0.2) is 142 Å². The average Bonchev–Trinajstić information content (AvgIpc) is 4.06. The zero-order chi connectivity index (χ0) is 43.3. The standard InChI is InChI=1S/C22H30N2O8S2.C19H31NO5S2/c25-19-7-8-20(26)24(19)32-22(28)30-12-14-34-33-13-11-29-10-9-23-21(27)31-15-18-16-5-3-1-2-4-6-17(16)18;21-8-13-26-27-14-12-24-11-10-23-9-7-20-19(22)25-15-18-16-5-3-1-2-4-6-17(16)18/h16-18H,3-15H2,(H,23,27);16-18,21H,3-15H2,(H,20,22). The van der Waals surface area contributed by atoms with Crippen LogP contribution in [0.5, 0.6) is 0 Å². The lowest BCUT2D eigenvalue weighted by Gasteiger charge is -2.12. The van der Waals surface area contributed by atoms with E-state index in [1.54, 1.807) is 32.4 Å². The molecule has 20 heteroatoms. The lowest BCUT2D eigenvalue weighted by atomic mass is 10.1. The number of fused-ring (bicyclic) bond motifs is 2. The largest absolute Gasteiger partial charge is 0.533 e. The molecule has 4 aliphatic carbocycles. The van der Waals surface area contributed by atoms with Crippen LogP contribution >= 0.6 is 43.2 Å². The zero-order valence-electron chi connectivity index (χ0n) is 34.8. The Morgan fingerprint density at radius 3 is 1.44 bits per heavy atom. The van der Waals surface area contributed by atoms with Crippen LogP contribution in [0.2, 0.25) is 0 Å². The molecule has 342 valence electrons. The van der Waals surface area contributed by atoms with E-state index < -0.39 is 24.1 Å². The first-order chi connectivity index (χ1) is 29.9. The summed E-state index contributed by atoms with van der Waals surface area (Å²) < 4.78 is 31.9. The number of nitrogens with zero attached hydrogens (tertiary/aromatic N) is 1. The van der Waals surface area contributed by atoms with Gasteiger partial charge in [-0.15, -0.1) is 23.7 Å². The van der Waals surface area contributed by atoms with Crippen molar-refractivity contribution in [2.45, 2.75) is 64.2 Å². The maximum atomic E-state index is 11.8. The van der Waals surface area contributed by atoms with Crippen molar-refractivity contribution in [3.63, 3.8) is 0 Å². The fourth-order valence-corrected chi connectivity index (χ4v) is 10.6. The minimum absolute atomic E-state index is 0.0402. The van der Waals surface area contributed by atoms with Gasteiger partial charge in [0, 0.05) is 74.6 Å². The molecule has 4 atom stereocenters. The maximum Gasteiger partial charge on any atom is 0.533 e. The summed E-state index contributed by atoms with van der Waals surface area (Å²) in [6.07, 6.45) is 6.61. The summed E-state index contributed by atoms with van der Waals surface area (Å²) in [5, 5.41) is 14.5. The molecule has 0 spiro atoms. The van der Waals surface area contributed by atoms with Gasteiger partial charge in [-0.25, -0.2) is 14.4 Å². The monoisotopic (exact) mass is 931 g/mol. The number of nitrogens with one attached hydrogen (secondary N) is 2. The topological polar surface area (TPSA) is 197 Å². The Hall–Kier alpha value is -2.69. The number of ether oxygens (including phenoxy) is 6. The van der Waals surface area contributed by atoms with E-state index >= 15 is 0 Å². The number of hydrogen-bond donors (Lipinski definition) is 3. The second kappa shape index (κ2) is 31.2. The molecular formula is C41H61N3O13S4. The summed E-state index contributed by atoms with van der Waals surface area (Å²) in [5.41, 5.74) is 0. The molecule has 3 N–H and O–H groups in total. The van der Waals surface area contributed by atoms with Crippen LogP contribution in [0.3, 0.4) is 0 Å². The minimum Gasteiger partial charge on any atom is -0.449 e. The van der Waals surface area contributed by atoms with Crippen molar-refractivity contribution in [3.05, 3.63) is 0 Å². The highest BCUT2D eigenvalue weighted by Crippen LogP contribution is 2.53. The molecular weight excluding hydrogens is 871 g/mol. The van der Waals surface area contributed by atoms with Crippen LogP contribution in [0.4, 0.5) is 14.4 Å². The van der Waals surface area contributed by atoms with Crippen LogP contribution in [0.1, 0.15) is 64.2 Å². The molecule has 0 aromatic rings. The first-order valence-electron chi connectivity index (χ1n) is 21.1. The number of rotatable bonds is 27. The Labute approximate surface area is 375 Å². The Morgan fingerprint density at radius 2 is 0.984 bits per heavy atom. The third-order valence-corrected chi connectivity index (χ3v) is 15.1. The molecule has 0 aromatic carbocycles. The Kier molecular flexibility index (Phi) is 26.1. The van der Waals surface area contributed by atoms with Crippen molar-refractivity contribution in [2.24, 2.45) is 35.5 Å². The summed E-state index contributed by atoms with van der Waals surface area (Å²) >= 11 is 0. The molecule has 4 unspecified atom stereocenters. The first-order valence-corrected chi connectivity index (χ1v) is 26.1. The first kappa shape index (κ1) is 50.9. The highest BCUT2D eigenvalue weighted by atomic mass is 33.1. The van der Waals surface area contributed by atoms with Crippen molar-refractivity contribution >= 4 is 73.3 Å². The van der Waals surface area contributed by atoms with E-state index in [4.69, 9.17) is 33.5 Å². The quantitative estimate of drug-likeness (QED) is 0.0239. The van der Waals surface area contributed by atoms with Crippen molar-refractivity contribution in [2.75, 3.05) is 102 Å². The third kappa shape index (κ3) is 21.5. The molecule has 3 fully saturated rings. The van der Waals surface area contributed by atoms with Gasteiger partial charge in [-0.2, -0.15) is 0 Å². The number of carbonyl (C=O) groups is 5. The lowest BCUT2D eigenvalue weighted by molar-refractivity contribution is -0.176. The number of alkyl carbamates (subject to hydrolysis) is 2. The molecule has 61 heavy (non-hydrogen) atoms. The molecule has 4 amide bonds. The second-order valence-corrected chi connectivity index (χ2v) is 19.9. The lowest BCUT2D eigenvalue weighted by Crippen LogP contribution is -2.32. The van der Waals surface area contributed by atoms with Crippen molar-refractivity contribution in [3.8, 4) is 23.7 Å². The number of imide groups is 1. The van der Waals surface area contributed by atoms with E-state index in [-0.39, 0.29) is 32.1 Å². The van der Waals surface area contributed by atoms with Gasteiger partial charge in [-0.3, -0.25) is 14.4 Å². The molecule has 1 heterocycles. The van der Waals surface area contributed by atoms with Gasteiger partial charge in [-0.05, 0) is 61.2 Å². The molecule has 2 saturated carbocycles. The second-order valence-electron chi connectivity index (χ2n) is 14.5. The summed E-state index contributed by atoms with van der Waals surface area (Å²) in [6, 6.07) is 0. The number of amides is 4. The van der Waals surface area contributed by atoms with Gasteiger partial charge >= 0.3 is 18.3 Å². The molecule has 0 bridgehead atoms. The molecule has 0 radical (unpaired) electrons. The van der Waals surface area contributed by atoms with Crippen molar-refractivity contribution < 1.29 is 62.3 Å². The van der Waals surface area contributed by atoms with E-state index in [9.17, 15) is 24.0 Å². The molecule has 0 aromatic heterocycles. The predicted octanol–water partition coefficient (Wildman–Crippen LogP) is 5.33. The van der Waals surface area contributed by atoms with Crippen molar-refractivity contribution in [1.29, 1.82) is 0 Å². The van der Waals surface area contributed by atoms with Gasteiger partial charge in [0.05, 0.1) is 59.5 Å². The number of aliphatic hydroxyl groups is 1. The van der Waals surface area contributed by atoms with Crippen LogP contribution in [0, 0.1) is 59.2 Å². The van der Waals surface area contributed by atoms with E-state index in [2.05, 4.69) is 39.2 Å². The summed E-state index contributed by atoms with van der Waals surface area (Å²) in [5.74, 6) is 18.3. The van der Waals surface area contributed by atoms with Crippen LogP contribution in [-0.2, 0) is 42.8 Å². The maximum absolute atomic E-state index is 11.8.